The van der Waals surface area contributed by atoms with Gasteiger partial charge in [-0.15, -0.1) is 8.78 Å². The summed E-state index contributed by atoms with van der Waals surface area (Å²) in [7, 11) is -4.05. The third-order valence-electron chi connectivity index (χ3n) is 7.85. The average molecular weight is 625 g/mol. The Labute approximate surface area is 252 Å². The number of hydrogen-bond acceptors (Lipinski definition) is 7. The Balaban J connectivity index is 1.17. The number of nitrogens with one attached hydrogen (secondary N) is 1. The number of carbonyl (C=O) groups excluding carboxylic acids is 1. The lowest BCUT2D eigenvalue weighted by molar-refractivity contribution is -0.286. The first-order valence-corrected chi connectivity index (χ1v) is 15.3. The van der Waals surface area contributed by atoms with Crippen LogP contribution in [-0.2, 0) is 31.1 Å². The van der Waals surface area contributed by atoms with E-state index < -0.39 is 34.5 Å². The van der Waals surface area contributed by atoms with Crippen molar-refractivity contribution in [2.75, 3.05) is 11.9 Å². The summed E-state index contributed by atoms with van der Waals surface area (Å²) in [6, 6.07) is 17.8. The molecule has 1 fully saturated rings. The van der Waals surface area contributed by atoms with Crippen LogP contribution < -0.4 is 14.8 Å². The van der Waals surface area contributed by atoms with E-state index in [0.29, 0.717) is 24.1 Å². The second-order valence-corrected chi connectivity index (χ2v) is 12.9. The molecule has 2 heterocycles. The first-order valence-electron chi connectivity index (χ1n) is 13.9. The predicted molar refractivity (Wildman–Crippen MR) is 159 cm³/mol. The monoisotopic (exact) mass is 624 g/mol. The largest absolute Gasteiger partial charge is 0.586 e. The molecule has 44 heavy (non-hydrogen) atoms. The normalized spacial score (nSPS) is 16.9. The van der Waals surface area contributed by atoms with Crippen LogP contribution in [0.3, 0.4) is 0 Å². The van der Waals surface area contributed by atoms with E-state index in [4.69, 9.17) is 4.18 Å². The van der Waals surface area contributed by atoms with Crippen LogP contribution in [0.5, 0.6) is 11.5 Å². The molecule has 2 N–H and O–H groups in total. The fourth-order valence-electron chi connectivity index (χ4n) is 5.37. The summed E-state index contributed by atoms with van der Waals surface area (Å²) < 4.78 is 68.1. The topological polar surface area (TPSA) is 116 Å². The second-order valence-electron chi connectivity index (χ2n) is 11.3. The molecule has 6 rings (SSSR count). The fraction of sp³-hybridized carbons (Fsp3) is 0.281. The van der Waals surface area contributed by atoms with E-state index >= 15 is 0 Å². The predicted octanol–water partition coefficient (Wildman–Crippen LogP) is 5.74. The van der Waals surface area contributed by atoms with Crippen molar-refractivity contribution in [3.63, 3.8) is 0 Å². The van der Waals surface area contributed by atoms with Gasteiger partial charge in [0.1, 0.15) is 0 Å². The van der Waals surface area contributed by atoms with Crippen LogP contribution in [0.25, 0.3) is 16.5 Å². The van der Waals surface area contributed by atoms with Gasteiger partial charge in [-0.25, -0.2) is 0 Å². The SMILES string of the molecule is C=C(C)c1cc2cc(NC(=O)C3(c4ccc5c(c4)OC(F)(F)O5)CC3)ccc2n1C[C@@H](O)COS(=O)(=O)c1ccc(C)cc1. The lowest BCUT2D eigenvalue weighted by Crippen LogP contribution is -2.28. The molecular weight excluding hydrogens is 594 g/mol. The minimum Gasteiger partial charge on any atom is -0.395 e. The van der Waals surface area contributed by atoms with Gasteiger partial charge in [-0.3, -0.25) is 8.98 Å². The molecule has 1 atom stereocenters. The van der Waals surface area contributed by atoms with Crippen LogP contribution >= 0.6 is 0 Å². The average Bonchev–Trinajstić information content (AvgIpc) is 3.61. The molecule has 12 heteroatoms. The van der Waals surface area contributed by atoms with Gasteiger partial charge in [-0.2, -0.15) is 8.42 Å². The number of anilines is 1. The van der Waals surface area contributed by atoms with Crippen molar-refractivity contribution in [2.24, 2.45) is 0 Å². The lowest BCUT2D eigenvalue weighted by atomic mass is 9.94. The van der Waals surface area contributed by atoms with Crippen molar-refractivity contribution >= 4 is 38.2 Å². The molecule has 0 radical (unpaired) electrons. The molecule has 0 unspecified atom stereocenters. The van der Waals surface area contributed by atoms with Crippen LogP contribution in [0, 0.1) is 6.92 Å². The molecule has 2 aliphatic rings. The van der Waals surface area contributed by atoms with Crippen LogP contribution in [0.2, 0.25) is 0 Å². The molecule has 1 aromatic heterocycles. The van der Waals surface area contributed by atoms with Crippen LogP contribution in [0.4, 0.5) is 14.5 Å². The van der Waals surface area contributed by atoms with Crippen molar-refractivity contribution in [1.82, 2.24) is 4.57 Å². The molecule has 1 aliphatic heterocycles. The quantitative estimate of drug-likeness (QED) is 0.216. The number of aromatic nitrogens is 1. The van der Waals surface area contributed by atoms with Crippen LogP contribution in [0.1, 0.15) is 36.6 Å². The van der Waals surface area contributed by atoms with Gasteiger partial charge in [0.15, 0.2) is 11.5 Å². The molecule has 4 aromatic rings. The Kier molecular flexibility index (Phi) is 7.26. The van der Waals surface area contributed by atoms with Gasteiger partial charge in [0.25, 0.3) is 10.1 Å². The summed E-state index contributed by atoms with van der Waals surface area (Å²) in [5.41, 5.74) is 3.30. The Hall–Kier alpha value is -4.26. The van der Waals surface area contributed by atoms with Crippen molar-refractivity contribution in [1.29, 1.82) is 0 Å². The number of benzene rings is 3. The highest BCUT2D eigenvalue weighted by Crippen LogP contribution is 2.52. The minimum absolute atomic E-state index is 0.00645. The maximum absolute atomic E-state index is 13.5. The van der Waals surface area contributed by atoms with E-state index in [1.54, 1.807) is 36.4 Å². The summed E-state index contributed by atoms with van der Waals surface area (Å²) in [5.74, 6) is -0.464. The molecule has 0 spiro atoms. The summed E-state index contributed by atoms with van der Waals surface area (Å²) >= 11 is 0. The Morgan fingerprint density at radius 3 is 2.45 bits per heavy atom. The number of aryl methyl sites for hydroxylation is 1. The minimum atomic E-state index is -4.05. The number of ether oxygens (including phenoxy) is 2. The number of rotatable bonds is 10. The summed E-state index contributed by atoms with van der Waals surface area (Å²) in [5, 5.41) is 14.5. The number of carbonyl (C=O) groups is 1. The molecule has 0 saturated heterocycles. The number of aliphatic hydroxyl groups excluding tert-OH is 1. The maximum Gasteiger partial charge on any atom is 0.586 e. The summed E-state index contributed by atoms with van der Waals surface area (Å²) in [6.45, 7) is 7.28. The van der Waals surface area contributed by atoms with Crippen molar-refractivity contribution in [3.8, 4) is 11.5 Å². The van der Waals surface area contributed by atoms with E-state index in [1.165, 1.54) is 24.3 Å². The Morgan fingerprint density at radius 2 is 1.77 bits per heavy atom. The second kappa shape index (κ2) is 10.7. The molecule has 9 nitrogen and oxygen atoms in total. The molecule has 230 valence electrons. The summed E-state index contributed by atoms with van der Waals surface area (Å²) in [6.07, 6.45) is -3.80. The molecular formula is C32H30F2N2O7S. The highest BCUT2D eigenvalue weighted by Gasteiger charge is 2.52. The van der Waals surface area contributed by atoms with Gasteiger partial charge in [-0.1, -0.05) is 30.3 Å². The molecule has 1 saturated carbocycles. The number of aliphatic hydroxyl groups is 1. The standard InChI is InChI=1S/C32H30F2N2O7S/c1-19(2)27-15-21-14-23(35-30(38)31(12-13-31)22-6-11-28-29(16-22)43-32(33,34)42-28)7-10-26(21)36(27)17-24(37)18-41-44(39,40)25-8-4-20(3)5-9-25/h4-11,14-16,24,37H,1,12-13,17-18H2,2-3H3,(H,35,38)/t24-/m1/s1. The highest BCUT2D eigenvalue weighted by molar-refractivity contribution is 7.86. The first-order chi connectivity index (χ1) is 20.8. The number of amides is 1. The molecule has 3 aromatic carbocycles. The van der Waals surface area contributed by atoms with Gasteiger partial charge in [-0.05, 0) is 86.4 Å². The lowest BCUT2D eigenvalue weighted by Gasteiger charge is -2.17. The number of allylic oxidation sites excluding steroid dienone is 1. The van der Waals surface area contributed by atoms with Crippen LogP contribution in [0.15, 0.2) is 78.2 Å². The van der Waals surface area contributed by atoms with Crippen molar-refractivity contribution in [2.45, 2.75) is 55.9 Å². The van der Waals surface area contributed by atoms with Gasteiger partial charge < -0.3 is 24.5 Å². The van der Waals surface area contributed by atoms with Gasteiger partial charge in [0.05, 0.1) is 29.6 Å². The van der Waals surface area contributed by atoms with Crippen molar-refractivity contribution < 1.29 is 40.8 Å². The third kappa shape index (κ3) is 5.68. The number of fused-ring (bicyclic) bond motifs is 2. The summed E-state index contributed by atoms with van der Waals surface area (Å²) in [4.78, 5) is 13.4. The van der Waals surface area contributed by atoms with Crippen LogP contribution in [-0.4, -0.2) is 43.0 Å². The maximum atomic E-state index is 13.5. The van der Waals surface area contributed by atoms with Gasteiger partial charge in [0, 0.05) is 22.3 Å². The van der Waals surface area contributed by atoms with E-state index in [9.17, 15) is 27.1 Å². The van der Waals surface area contributed by atoms with E-state index in [2.05, 4.69) is 21.4 Å². The zero-order valence-corrected chi connectivity index (χ0v) is 24.8. The molecule has 1 amide bonds. The number of halogens is 2. The van der Waals surface area contributed by atoms with Crippen molar-refractivity contribution in [3.05, 3.63) is 90.1 Å². The van der Waals surface area contributed by atoms with E-state index in [0.717, 1.165) is 27.7 Å². The van der Waals surface area contributed by atoms with Gasteiger partial charge >= 0.3 is 6.29 Å². The number of alkyl halides is 2. The molecule has 1 aliphatic carbocycles. The molecule has 0 bridgehead atoms. The zero-order chi connectivity index (χ0) is 31.4. The number of nitrogens with zero attached hydrogens (tertiary/aromatic N) is 1. The smallest absolute Gasteiger partial charge is 0.395 e. The van der Waals surface area contributed by atoms with Gasteiger partial charge in [0.2, 0.25) is 5.91 Å². The van der Waals surface area contributed by atoms with E-state index in [-0.39, 0.29) is 28.8 Å². The highest BCUT2D eigenvalue weighted by atomic mass is 32.2. The zero-order valence-electron chi connectivity index (χ0n) is 24.0. The Bertz CT molecular complexity index is 1900. The van der Waals surface area contributed by atoms with E-state index in [1.807, 2.05) is 24.5 Å². The first kappa shape index (κ1) is 29.8. The Morgan fingerprint density at radius 1 is 1.07 bits per heavy atom. The third-order valence-corrected chi connectivity index (χ3v) is 9.15. The number of hydrogen-bond donors (Lipinski definition) is 2. The fourth-order valence-corrected chi connectivity index (χ4v) is 6.31.